The Kier molecular flexibility index (Phi) is 4.82. The number of para-hydroxylation sites is 2. The number of imidazole rings is 1. The summed E-state index contributed by atoms with van der Waals surface area (Å²) >= 11 is 0.363. The van der Waals surface area contributed by atoms with Gasteiger partial charge >= 0.3 is 0 Å². The number of thioether (sulfide) groups is 1. The third-order valence-corrected chi connectivity index (χ3v) is 4.40. The second-order valence-corrected chi connectivity index (χ2v) is 6.33. The number of alkyl halides is 2. The van der Waals surface area contributed by atoms with Crippen LogP contribution in [0, 0.1) is 0 Å². The number of ether oxygens (including phenoxy) is 1. The van der Waals surface area contributed by atoms with Gasteiger partial charge in [-0.05, 0) is 30.8 Å². The fourth-order valence-corrected chi connectivity index (χ4v) is 3.26. The monoisotopic (exact) mass is 341 g/mol. The predicted octanol–water partition coefficient (Wildman–Crippen LogP) is 2.60. The second kappa shape index (κ2) is 6.84. The van der Waals surface area contributed by atoms with Crippen molar-refractivity contribution >= 4 is 28.7 Å². The van der Waals surface area contributed by atoms with Crippen molar-refractivity contribution in [2.24, 2.45) is 0 Å². The van der Waals surface area contributed by atoms with E-state index >= 15 is 0 Å². The Morgan fingerprint density at radius 2 is 2.26 bits per heavy atom. The normalized spacial score (nSPS) is 18.8. The molecule has 1 aromatic carbocycles. The van der Waals surface area contributed by atoms with E-state index in [2.05, 4.69) is 4.98 Å². The van der Waals surface area contributed by atoms with Gasteiger partial charge in [0.1, 0.15) is 6.54 Å². The van der Waals surface area contributed by atoms with Gasteiger partial charge in [0, 0.05) is 13.1 Å². The molecule has 0 radical (unpaired) electrons. The molecule has 2 aromatic rings. The molecule has 0 aliphatic carbocycles. The summed E-state index contributed by atoms with van der Waals surface area (Å²) in [5.41, 5.74) is 1.30. The molecule has 1 aliphatic rings. The minimum absolute atomic E-state index is 0.00227. The molecule has 1 aliphatic heterocycles. The number of halogens is 2. The number of aromatic nitrogens is 2. The predicted molar refractivity (Wildman–Crippen MR) is 83.6 cm³/mol. The van der Waals surface area contributed by atoms with Gasteiger partial charge in [-0.25, -0.2) is 4.98 Å². The standard InChI is InChI=1S/C15H17F2N3O2S/c1-10-8-19(6-7-22-10)13(21)9-20-12-5-3-2-4-11(12)18-15(20)23-14(16)17/h2-5,10,14H,6-9H2,1H3. The van der Waals surface area contributed by atoms with Crippen LogP contribution in [0.3, 0.4) is 0 Å². The molecule has 5 nitrogen and oxygen atoms in total. The van der Waals surface area contributed by atoms with E-state index in [1.165, 1.54) is 0 Å². The zero-order chi connectivity index (χ0) is 16.4. The third kappa shape index (κ3) is 3.64. The van der Waals surface area contributed by atoms with Crippen LogP contribution in [0.25, 0.3) is 11.0 Å². The fourth-order valence-electron chi connectivity index (χ4n) is 2.66. The lowest BCUT2D eigenvalue weighted by Crippen LogP contribution is -2.45. The number of nitrogens with zero attached hydrogens (tertiary/aromatic N) is 3. The molecule has 1 aromatic heterocycles. The number of amides is 1. The van der Waals surface area contributed by atoms with Crippen LogP contribution >= 0.6 is 11.8 Å². The van der Waals surface area contributed by atoms with Crippen molar-refractivity contribution in [1.29, 1.82) is 0 Å². The Morgan fingerprint density at radius 1 is 1.48 bits per heavy atom. The molecule has 124 valence electrons. The number of benzene rings is 1. The van der Waals surface area contributed by atoms with Crippen molar-refractivity contribution < 1.29 is 18.3 Å². The molecule has 8 heteroatoms. The van der Waals surface area contributed by atoms with E-state index in [1.807, 2.05) is 6.92 Å². The molecule has 1 unspecified atom stereocenters. The highest BCUT2D eigenvalue weighted by Gasteiger charge is 2.24. The Bertz CT molecular complexity index is 707. The van der Waals surface area contributed by atoms with Gasteiger partial charge in [-0.2, -0.15) is 8.78 Å². The first-order valence-electron chi connectivity index (χ1n) is 7.34. The number of hydrogen-bond donors (Lipinski definition) is 0. The molecule has 23 heavy (non-hydrogen) atoms. The molecular weight excluding hydrogens is 324 g/mol. The Balaban J connectivity index is 1.87. The van der Waals surface area contributed by atoms with E-state index in [0.717, 1.165) is 0 Å². The number of rotatable bonds is 4. The highest BCUT2D eigenvalue weighted by atomic mass is 32.2. The number of fused-ring (bicyclic) bond motifs is 1. The van der Waals surface area contributed by atoms with Crippen LogP contribution in [0.1, 0.15) is 6.92 Å². The third-order valence-electron chi connectivity index (χ3n) is 3.70. The number of morpholine rings is 1. The fraction of sp³-hybridized carbons (Fsp3) is 0.467. The van der Waals surface area contributed by atoms with Crippen molar-refractivity contribution in [2.45, 2.75) is 30.5 Å². The maximum absolute atomic E-state index is 12.8. The van der Waals surface area contributed by atoms with Crippen molar-refractivity contribution in [3.05, 3.63) is 24.3 Å². The maximum Gasteiger partial charge on any atom is 0.291 e. The molecule has 0 N–H and O–H groups in total. The summed E-state index contributed by atoms with van der Waals surface area (Å²) in [5.74, 6) is -2.69. The summed E-state index contributed by atoms with van der Waals surface area (Å²) in [6.07, 6.45) is -0.0119. The quantitative estimate of drug-likeness (QED) is 0.802. The van der Waals surface area contributed by atoms with Gasteiger partial charge in [-0.15, -0.1) is 0 Å². The van der Waals surface area contributed by atoms with Crippen molar-refractivity contribution in [2.75, 3.05) is 19.7 Å². The molecule has 0 spiro atoms. The van der Waals surface area contributed by atoms with E-state index in [1.54, 1.807) is 33.7 Å². The van der Waals surface area contributed by atoms with Crippen LogP contribution in [-0.2, 0) is 16.1 Å². The second-order valence-electron chi connectivity index (χ2n) is 5.37. The Labute approximate surface area is 136 Å². The highest BCUT2D eigenvalue weighted by Crippen LogP contribution is 2.28. The van der Waals surface area contributed by atoms with E-state index < -0.39 is 5.76 Å². The van der Waals surface area contributed by atoms with Crippen LogP contribution < -0.4 is 0 Å². The van der Waals surface area contributed by atoms with Gasteiger partial charge in [0.15, 0.2) is 5.16 Å². The zero-order valence-electron chi connectivity index (χ0n) is 12.6. The molecule has 0 bridgehead atoms. The first-order valence-corrected chi connectivity index (χ1v) is 8.22. The van der Waals surface area contributed by atoms with Gasteiger partial charge in [0.25, 0.3) is 5.76 Å². The van der Waals surface area contributed by atoms with Crippen LogP contribution in [0.4, 0.5) is 8.78 Å². The van der Waals surface area contributed by atoms with Crippen molar-refractivity contribution in [1.82, 2.24) is 14.5 Å². The van der Waals surface area contributed by atoms with Crippen LogP contribution in [0.2, 0.25) is 0 Å². The summed E-state index contributed by atoms with van der Waals surface area (Å²) < 4.78 is 32.5. The summed E-state index contributed by atoms with van der Waals surface area (Å²) in [6, 6.07) is 7.14. The number of carbonyl (C=O) groups is 1. The molecule has 2 heterocycles. The van der Waals surface area contributed by atoms with Gasteiger partial charge in [0.2, 0.25) is 5.91 Å². The van der Waals surface area contributed by atoms with E-state index in [4.69, 9.17) is 4.74 Å². The molecule has 1 amide bonds. The summed E-state index contributed by atoms with van der Waals surface area (Å²) in [7, 11) is 0. The lowest BCUT2D eigenvalue weighted by molar-refractivity contribution is -0.138. The topological polar surface area (TPSA) is 47.4 Å². The van der Waals surface area contributed by atoms with Crippen LogP contribution in [0.15, 0.2) is 29.4 Å². The summed E-state index contributed by atoms with van der Waals surface area (Å²) in [4.78, 5) is 18.4. The van der Waals surface area contributed by atoms with Crippen LogP contribution in [0.5, 0.6) is 0 Å². The average Bonchev–Trinajstić information content (AvgIpc) is 2.84. The lowest BCUT2D eigenvalue weighted by atomic mass is 10.3. The first-order chi connectivity index (χ1) is 11.0. The largest absolute Gasteiger partial charge is 0.375 e. The molecule has 1 fully saturated rings. The van der Waals surface area contributed by atoms with Gasteiger partial charge in [-0.3, -0.25) is 4.79 Å². The SMILES string of the molecule is CC1CN(C(=O)Cn2c(SC(F)F)nc3ccccc32)CCO1. The molecular formula is C15H17F2N3O2S. The van der Waals surface area contributed by atoms with Crippen molar-refractivity contribution in [3.8, 4) is 0 Å². The van der Waals surface area contributed by atoms with Gasteiger partial charge in [0.05, 0.1) is 23.7 Å². The smallest absolute Gasteiger partial charge is 0.291 e. The minimum atomic E-state index is -2.58. The number of hydrogen-bond acceptors (Lipinski definition) is 4. The lowest BCUT2D eigenvalue weighted by Gasteiger charge is -2.31. The Hall–Kier alpha value is -1.67. The molecule has 1 atom stereocenters. The highest BCUT2D eigenvalue weighted by molar-refractivity contribution is 7.99. The maximum atomic E-state index is 12.8. The first kappa shape index (κ1) is 16.2. The van der Waals surface area contributed by atoms with Crippen LogP contribution in [-0.4, -0.2) is 51.9 Å². The summed E-state index contributed by atoms with van der Waals surface area (Å²) in [5, 5.41) is 0.163. The Morgan fingerprint density at radius 3 is 3.00 bits per heavy atom. The summed E-state index contributed by atoms with van der Waals surface area (Å²) in [6.45, 7) is 3.44. The molecule has 1 saturated heterocycles. The van der Waals surface area contributed by atoms with Gasteiger partial charge in [-0.1, -0.05) is 12.1 Å². The molecule has 3 rings (SSSR count). The van der Waals surface area contributed by atoms with E-state index in [-0.39, 0.29) is 23.7 Å². The number of carbonyl (C=O) groups excluding carboxylic acids is 1. The minimum Gasteiger partial charge on any atom is -0.375 e. The van der Waals surface area contributed by atoms with Gasteiger partial charge < -0.3 is 14.2 Å². The zero-order valence-corrected chi connectivity index (χ0v) is 13.4. The van der Waals surface area contributed by atoms with Crippen molar-refractivity contribution in [3.63, 3.8) is 0 Å². The van der Waals surface area contributed by atoms with E-state index in [0.29, 0.717) is 42.5 Å². The average molecular weight is 341 g/mol. The van der Waals surface area contributed by atoms with E-state index in [9.17, 15) is 13.6 Å². The molecule has 0 saturated carbocycles.